The fraction of sp³-hybridized carbons (Fsp3) is 0.538. The van der Waals surface area contributed by atoms with Crippen LogP contribution in [0, 0.1) is 0 Å². The highest BCUT2D eigenvalue weighted by molar-refractivity contribution is 5.33. The summed E-state index contributed by atoms with van der Waals surface area (Å²) >= 11 is 0. The predicted octanol–water partition coefficient (Wildman–Crippen LogP) is 3.65. The van der Waals surface area contributed by atoms with Crippen LogP contribution in [0.25, 0.3) is 0 Å². The van der Waals surface area contributed by atoms with Crippen molar-refractivity contribution in [2.75, 3.05) is 6.61 Å². The summed E-state index contributed by atoms with van der Waals surface area (Å²) in [6, 6.07) is 7.83. The first-order valence-corrected chi connectivity index (χ1v) is 5.69. The van der Waals surface area contributed by atoms with Crippen LogP contribution in [0.4, 0.5) is 0 Å². The first-order chi connectivity index (χ1) is 7.30. The molecule has 0 heterocycles. The number of ether oxygens (including phenoxy) is 2. The maximum atomic E-state index is 5.82. The van der Waals surface area contributed by atoms with Crippen molar-refractivity contribution in [1.29, 1.82) is 0 Å². The highest BCUT2D eigenvalue weighted by Crippen LogP contribution is 2.21. The molecule has 0 aromatic heterocycles. The zero-order chi connectivity index (χ0) is 11.1. The molecule has 0 amide bonds. The van der Waals surface area contributed by atoms with Crippen LogP contribution < -0.4 is 9.47 Å². The summed E-state index contributed by atoms with van der Waals surface area (Å²) in [5.41, 5.74) is 0. The Bertz CT molecular complexity index is 280. The van der Waals surface area contributed by atoms with E-state index in [0.29, 0.717) is 12.7 Å². The number of hydrogen-bond donors (Lipinski definition) is 0. The molecular formula is C13H20O2. The number of rotatable bonds is 6. The minimum absolute atomic E-state index is 0.307. The van der Waals surface area contributed by atoms with E-state index in [0.717, 1.165) is 24.3 Å². The van der Waals surface area contributed by atoms with Crippen molar-refractivity contribution in [1.82, 2.24) is 0 Å². The molecular weight excluding hydrogens is 188 g/mol. The van der Waals surface area contributed by atoms with E-state index < -0.39 is 0 Å². The Balaban J connectivity index is 2.64. The van der Waals surface area contributed by atoms with Gasteiger partial charge in [0.05, 0.1) is 12.7 Å². The molecule has 0 bridgehead atoms. The summed E-state index contributed by atoms with van der Waals surface area (Å²) < 4.78 is 11.2. The normalized spacial score (nSPS) is 10.4. The van der Waals surface area contributed by atoms with Crippen LogP contribution in [0.1, 0.15) is 33.6 Å². The predicted molar refractivity (Wildman–Crippen MR) is 62.6 cm³/mol. The van der Waals surface area contributed by atoms with E-state index >= 15 is 0 Å². The summed E-state index contributed by atoms with van der Waals surface area (Å²) in [7, 11) is 0. The standard InChI is InChI=1S/C13H20O2/c1-4-11(5-2)15-13-9-7-8-12(10-13)14-6-3/h7-11H,4-6H2,1-3H3. The summed E-state index contributed by atoms with van der Waals surface area (Å²) in [4.78, 5) is 0. The minimum atomic E-state index is 0.307. The summed E-state index contributed by atoms with van der Waals surface area (Å²) in [5.74, 6) is 1.77. The monoisotopic (exact) mass is 208 g/mol. The lowest BCUT2D eigenvalue weighted by Gasteiger charge is -2.16. The fourth-order valence-corrected chi connectivity index (χ4v) is 1.45. The Morgan fingerprint density at radius 2 is 1.73 bits per heavy atom. The first kappa shape index (κ1) is 11.9. The molecule has 0 saturated heterocycles. The van der Waals surface area contributed by atoms with Crippen LogP contribution in [-0.4, -0.2) is 12.7 Å². The molecule has 0 N–H and O–H groups in total. The van der Waals surface area contributed by atoms with Crippen molar-refractivity contribution in [3.8, 4) is 11.5 Å². The molecule has 0 unspecified atom stereocenters. The van der Waals surface area contributed by atoms with Gasteiger partial charge in [-0.15, -0.1) is 0 Å². The highest BCUT2D eigenvalue weighted by Gasteiger charge is 2.05. The van der Waals surface area contributed by atoms with Gasteiger partial charge < -0.3 is 9.47 Å². The zero-order valence-corrected chi connectivity index (χ0v) is 9.82. The Hall–Kier alpha value is -1.18. The molecule has 0 radical (unpaired) electrons. The van der Waals surface area contributed by atoms with Gasteiger partial charge in [-0.3, -0.25) is 0 Å². The highest BCUT2D eigenvalue weighted by atomic mass is 16.5. The van der Waals surface area contributed by atoms with Gasteiger partial charge in [0, 0.05) is 6.07 Å². The number of hydrogen-bond acceptors (Lipinski definition) is 2. The maximum absolute atomic E-state index is 5.82. The van der Waals surface area contributed by atoms with Gasteiger partial charge in [0.2, 0.25) is 0 Å². The smallest absolute Gasteiger partial charge is 0.123 e. The zero-order valence-electron chi connectivity index (χ0n) is 9.82. The van der Waals surface area contributed by atoms with Crippen molar-refractivity contribution in [2.45, 2.75) is 39.7 Å². The minimum Gasteiger partial charge on any atom is -0.494 e. The van der Waals surface area contributed by atoms with Crippen LogP contribution in [0.15, 0.2) is 24.3 Å². The second kappa shape index (κ2) is 6.33. The van der Waals surface area contributed by atoms with Crippen LogP contribution in [0.2, 0.25) is 0 Å². The van der Waals surface area contributed by atoms with Gasteiger partial charge in [0.25, 0.3) is 0 Å². The van der Waals surface area contributed by atoms with E-state index in [4.69, 9.17) is 9.47 Å². The lowest BCUT2D eigenvalue weighted by atomic mass is 10.2. The van der Waals surface area contributed by atoms with Crippen molar-refractivity contribution >= 4 is 0 Å². The molecule has 1 aromatic carbocycles. The van der Waals surface area contributed by atoms with E-state index in [2.05, 4.69) is 13.8 Å². The lowest BCUT2D eigenvalue weighted by molar-refractivity contribution is 0.192. The third-order valence-electron chi connectivity index (χ3n) is 2.33. The Labute approximate surface area is 92.2 Å². The van der Waals surface area contributed by atoms with Crippen molar-refractivity contribution in [3.05, 3.63) is 24.3 Å². The van der Waals surface area contributed by atoms with Crippen LogP contribution >= 0.6 is 0 Å². The van der Waals surface area contributed by atoms with Crippen LogP contribution in [-0.2, 0) is 0 Å². The van der Waals surface area contributed by atoms with E-state index in [-0.39, 0.29) is 0 Å². The molecule has 2 nitrogen and oxygen atoms in total. The van der Waals surface area contributed by atoms with E-state index in [9.17, 15) is 0 Å². The van der Waals surface area contributed by atoms with Gasteiger partial charge in [-0.25, -0.2) is 0 Å². The topological polar surface area (TPSA) is 18.5 Å². The molecule has 84 valence electrons. The molecule has 15 heavy (non-hydrogen) atoms. The molecule has 0 atom stereocenters. The van der Waals surface area contributed by atoms with Crippen molar-refractivity contribution in [3.63, 3.8) is 0 Å². The lowest BCUT2D eigenvalue weighted by Crippen LogP contribution is -2.13. The Morgan fingerprint density at radius 3 is 2.33 bits per heavy atom. The SMILES string of the molecule is CCOc1cccc(OC(CC)CC)c1. The van der Waals surface area contributed by atoms with E-state index in [1.54, 1.807) is 0 Å². The van der Waals surface area contributed by atoms with E-state index in [1.165, 1.54) is 0 Å². The largest absolute Gasteiger partial charge is 0.494 e. The van der Waals surface area contributed by atoms with Crippen LogP contribution in [0.3, 0.4) is 0 Å². The average molecular weight is 208 g/mol. The molecule has 2 heteroatoms. The summed E-state index contributed by atoms with van der Waals surface area (Å²) in [6.07, 6.45) is 2.38. The molecule has 0 spiro atoms. The number of benzene rings is 1. The van der Waals surface area contributed by atoms with E-state index in [1.807, 2.05) is 31.2 Å². The van der Waals surface area contributed by atoms with Crippen molar-refractivity contribution < 1.29 is 9.47 Å². The van der Waals surface area contributed by atoms with Gasteiger partial charge >= 0.3 is 0 Å². The van der Waals surface area contributed by atoms with Gasteiger partial charge in [-0.05, 0) is 31.9 Å². The molecule has 0 fully saturated rings. The molecule has 1 aromatic rings. The molecule has 0 aliphatic rings. The second-order valence-corrected chi connectivity index (χ2v) is 3.46. The summed E-state index contributed by atoms with van der Waals surface area (Å²) in [6.45, 7) is 6.95. The Morgan fingerprint density at radius 1 is 1.07 bits per heavy atom. The van der Waals surface area contributed by atoms with Gasteiger partial charge in [-0.1, -0.05) is 19.9 Å². The molecule has 0 saturated carbocycles. The Kier molecular flexibility index (Phi) is 5.02. The summed E-state index contributed by atoms with van der Waals surface area (Å²) in [5, 5.41) is 0. The fourth-order valence-electron chi connectivity index (χ4n) is 1.45. The van der Waals surface area contributed by atoms with Gasteiger partial charge in [0.15, 0.2) is 0 Å². The molecule has 0 aliphatic carbocycles. The quantitative estimate of drug-likeness (QED) is 0.710. The van der Waals surface area contributed by atoms with Gasteiger partial charge in [-0.2, -0.15) is 0 Å². The van der Waals surface area contributed by atoms with Crippen LogP contribution in [0.5, 0.6) is 11.5 Å². The first-order valence-electron chi connectivity index (χ1n) is 5.69. The molecule has 1 rings (SSSR count). The second-order valence-electron chi connectivity index (χ2n) is 3.46. The maximum Gasteiger partial charge on any atom is 0.123 e. The van der Waals surface area contributed by atoms with Gasteiger partial charge in [0.1, 0.15) is 11.5 Å². The third-order valence-corrected chi connectivity index (χ3v) is 2.33. The average Bonchev–Trinajstić information content (AvgIpc) is 2.27. The van der Waals surface area contributed by atoms with Crippen molar-refractivity contribution in [2.24, 2.45) is 0 Å². The molecule has 0 aliphatic heterocycles. The third kappa shape index (κ3) is 3.82.